The fourth-order valence-corrected chi connectivity index (χ4v) is 13.6. The third-order valence-corrected chi connectivity index (χ3v) is 16.0. The predicted molar refractivity (Wildman–Crippen MR) is 234 cm³/mol. The molecule has 0 amide bonds. The minimum Gasteiger partial charge on any atom is -0.458 e. The van der Waals surface area contributed by atoms with Crippen LogP contribution >= 0.6 is 0 Å². The van der Waals surface area contributed by atoms with Crippen molar-refractivity contribution in [2.24, 2.45) is 0 Å². The summed E-state index contributed by atoms with van der Waals surface area (Å²) in [7, 11) is -2.92. The molecule has 11 rings (SSSR count). The summed E-state index contributed by atoms with van der Waals surface area (Å²) in [5.74, 6) is 3.60. The van der Waals surface area contributed by atoms with Crippen LogP contribution in [0.4, 0.5) is 0 Å². The van der Waals surface area contributed by atoms with Crippen molar-refractivity contribution in [3.63, 3.8) is 0 Å². The first kappa shape index (κ1) is 33.0. The predicted octanol–water partition coefficient (Wildman–Crippen LogP) is 9.45. The molecule has 268 valence electrons. The number of ether oxygens (including phenoxy) is 1. The average Bonchev–Trinajstić information content (AvgIpc) is 3.63. The van der Waals surface area contributed by atoms with Crippen molar-refractivity contribution in [3.8, 4) is 51.3 Å². The van der Waals surface area contributed by atoms with Crippen LogP contribution in [0.5, 0.6) is 11.5 Å². The van der Waals surface area contributed by atoms with Gasteiger partial charge in [0.05, 0.1) is 11.0 Å². The summed E-state index contributed by atoms with van der Waals surface area (Å²) in [5.41, 5.74) is 6.15. The van der Waals surface area contributed by atoms with E-state index in [2.05, 4.69) is 187 Å². The first-order chi connectivity index (χ1) is 28.3. The van der Waals surface area contributed by atoms with E-state index in [1.54, 1.807) is 0 Å². The quantitative estimate of drug-likeness (QED) is 0.159. The summed E-state index contributed by atoms with van der Waals surface area (Å²) in [5, 5.41) is 7.27. The Labute approximate surface area is 331 Å². The molecular formula is C51H34N4OSi. The molecule has 0 aliphatic carbocycles. The molecular weight excluding hydrogens is 713 g/mol. The molecule has 3 heterocycles. The normalized spacial score (nSPS) is 12.8. The van der Waals surface area contributed by atoms with Gasteiger partial charge in [0.2, 0.25) is 5.95 Å². The van der Waals surface area contributed by atoms with Crippen molar-refractivity contribution in [1.29, 1.82) is 0 Å². The van der Waals surface area contributed by atoms with Gasteiger partial charge in [0.15, 0.2) is 19.7 Å². The Balaban J connectivity index is 1.21. The molecule has 6 heteroatoms. The summed E-state index contributed by atoms with van der Waals surface area (Å²) in [6.45, 7) is 0. The maximum Gasteiger partial charge on any atom is 0.238 e. The number of nitrogens with zero attached hydrogens (tertiary/aromatic N) is 4. The number of para-hydroxylation sites is 3. The van der Waals surface area contributed by atoms with Crippen LogP contribution in [0.15, 0.2) is 206 Å². The molecule has 0 unspecified atom stereocenters. The molecule has 0 fully saturated rings. The lowest BCUT2D eigenvalue weighted by Gasteiger charge is -2.39. The molecule has 0 spiro atoms. The van der Waals surface area contributed by atoms with Gasteiger partial charge in [0, 0.05) is 21.9 Å². The smallest absolute Gasteiger partial charge is 0.238 e. The maximum atomic E-state index is 6.65. The summed E-state index contributed by atoms with van der Waals surface area (Å²) >= 11 is 0. The molecule has 57 heavy (non-hydrogen) atoms. The fourth-order valence-electron chi connectivity index (χ4n) is 8.67. The number of aromatic nitrogens is 4. The molecule has 0 saturated carbocycles. The SMILES string of the molecule is c1ccc(-c2cccc(-c3nc(-c4ccccc4)nc(-n4c5ccccc5c5ccc([Si]6(c7ccccc7)c7ccccc7Oc7ccccc76)cc54)n3)c2)cc1. The highest BCUT2D eigenvalue weighted by molar-refractivity contribution is 7.20. The second-order valence-corrected chi connectivity index (χ2v) is 18.1. The highest BCUT2D eigenvalue weighted by atomic mass is 28.3. The van der Waals surface area contributed by atoms with Crippen molar-refractivity contribution < 1.29 is 4.74 Å². The fraction of sp³-hybridized carbons (Fsp3) is 0. The minimum absolute atomic E-state index is 0.565. The van der Waals surface area contributed by atoms with E-state index in [1.165, 1.54) is 20.7 Å². The lowest BCUT2D eigenvalue weighted by atomic mass is 10.0. The largest absolute Gasteiger partial charge is 0.458 e. The first-order valence-corrected chi connectivity index (χ1v) is 21.2. The zero-order valence-corrected chi connectivity index (χ0v) is 31.8. The van der Waals surface area contributed by atoms with E-state index in [1.807, 2.05) is 24.3 Å². The molecule has 8 aromatic carbocycles. The summed E-state index contributed by atoms with van der Waals surface area (Å²) in [6.07, 6.45) is 0. The number of hydrogen-bond donors (Lipinski definition) is 0. The van der Waals surface area contributed by atoms with Crippen LogP contribution in [0.25, 0.3) is 61.7 Å². The van der Waals surface area contributed by atoms with E-state index in [0.29, 0.717) is 17.6 Å². The van der Waals surface area contributed by atoms with Crippen molar-refractivity contribution in [1.82, 2.24) is 19.5 Å². The van der Waals surface area contributed by atoms with Crippen LogP contribution in [-0.4, -0.2) is 27.6 Å². The molecule has 1 aliphatic rings. The van der Waals surface area contributed by atoms with Gasteiger partial charge in [0.25, 0.3) is 0 Å². The van der Waals surface area contributed by atoms with Crippen LogP contribution in [0, 0.1) is 0 Å². The van der Waals surface area contributed by atoms with Gasteiger partial charge in [-0.25, -0.2) is 4.98 Å². The highest BCUT2D eigenvalue weighted by Gasteiger charge is 2.48. The van der Waals surface area contributed by atoms with Gasteiger partial charge in [-0.15, -0.1) is 0 Å². The number of rotatable bonds is 6. The second kappa shape index (κ2) is 13.4. The summed E-state index contributed by atoms with van der Waals surface area (Å²) in [4.78, 5) is 15.7. The first-order valence-electron chi connectivity index (χ1n) is 19.2. The third-order valence-electron chi connectivity index (χ3n) is 11.2. The van der Waals surface area contributed by atoms with Crippen LogP contribution < -0.4 is 25.5 Å². The van der Waals surface area contributed by atoms with Gasteiger partial charge in [-0.05, 0) is 62.2 Å². The second-order valence-electron chi connectivity index (χ2n) is 14.4. The molecule has 2 aromatic heterocycles. The van der Waals surface area contributed by atoms with Gasteiger partial charge in [-0.2, -0.15) is 9.97 Å². The summed E-state index contributed by atoms with van der Waals surface area (Å²) in [6, 6.07) is 72.8. The average molecular weight is 747 g/mol. The van der Waals surface area contributed by atoms with E-state index in [0.717, 1.165) is 55.6 Å². The van der Waals surface area contributed by atoms with Crippen molar-refractivity contribution >= 4 is 50.6 Å². The van der Waals surface area contributed by atoms with Crippen LogP contribution in [0.3, 0.4) is 0 Å². The van der Waals surface area contributed by atoms with Crippen molar-refractivity contribution in [3.05, 3.63) is 206 Å². The lowest BCUT2D eigenvalue weighted by Crippen LogP contribution is -2.76. The Hall–Kier alpha value is -7.41. The molecule has 5 nitrogen and oxygen atoms in total. The van der Waals surface area contributed by atoms with E-state index in [4.69, 9.17) is 19.7 Å². The third kappa shape index (κ3) is 5.34. The Morgan fingerprint density at radius 1 is 0.368 bits per heavy atom. The zero-order valence-electron chi connectivity index (χ0n) is 30.8. The zero-order chi connectivity index (χ0) is 37.8. The van der Waals surface area contributed by atoms with Crippen molar-refractivity contribution in [2.75, 3.05) is 0 Å². The van der Waals surface area contributed by atoms with Gasteiger partial charge < -0.3 is 4.74 Å². The maximum absolute atomic E-state index is 6.65. The van der Waals surface area contributed by atoms with E-state index in [-0.39, 0.29) is 0 Å². The van der Waals surface area contributed by atoms with E-state index in [9.17, 15) is 0 Å². The Bertz CT molecular complexity index is 3060. The van der Waals surface area contributed by atoms with E-state index < -0.39 is 8.07 Å². The molecule has 0 saturated heterocycles. The molecule has 0 bridgehead atoms. The van der Waals surface area contributed by atoms with Gasteiger partial charge in [-0.3, -0.25) is 4.57 Å². The lowest BCUT2D eigenvalue weighted by molar-refractivity contribution is 0.487. The van der Waals surface area contributed by atoms with Gasteiger partial charge in [-0.1, -0.05) is 176 Å². The standard InChI is InChI=1S/C51H34N4OSi/c1-4-17-35(18-5-1)37-21-16-22-38(33-37)50-52-49(36-19-6-2-7-20-36)53-51(54-50)55-43-26-11-10-25-41(43)42-32-31-40(34-44(42)55)57(39-23-8-3-9-24-39)47-29-14-12-27-45(47)56-46-28-13-15-30-48(46)57/h1-34H. The highest BCUT2D eigenvalue weighted by Crippen LogP contribution is 2.35. The number of fused-ring (bicyclic) bond motifs is 5. The van der Waals surface area contributed by atoms with Crippen molar-refractivity contribution in [2.45, 2.75) is 0 Å². The monoisotopic (exact) mass is 746 g/mol. The molecule has 1 aliphatic heterocycles. The topological polar surface area (TPSA) is 52.8 Å². The Kier molecular flexibility index (Phi) is 7.76. The Morgan fingerprint density at radius 3 is 1.63 bits per heavy atom. The molecule has 0 atom stereocenters. The molecule has 0 N–H and O–H groups in total. The number of hydrogen-bond acceptors (Lipinski definition) is 4. The van der Waals surface area contributed by atoms with E-state index >= 15 is 0 Å². The number of benzene rings is 8. The molecule has 0 radical (unpaired) electrons. The minimum atomic E-state index is -2.92. The van der Waals surface area contributed by atoms with Crippen LogP contribution in [-0.2, 0) is 0 Å². The van der Waals surface area contributed by atoms with Crippen LogP contribution in [0.2, 0.25) is 0 Å². The van der Waals surface area contributed by atoms with Crippen LogP contribution in [0.1, 0.15) is 0 Å². The molecule has 10 aromatic rings. The summed E-state index contributed by atoms with van der Waals surface area (Å²) < 4.78 is 8.89. The Morgan fingerprint density at radius 2 is 0.912 bits per heavy atom. The van der Waals surface area contributed by atoms with Gasteiger partial charge in [0.1, 0.15) is 11.5 Å². The van der Waals surface area contributed by atoms with Gasteiger partial charge >= 0.3 is 0 Å².